The van der Waals surface area contributed by atoms with Gasteiger partial charge in [-0.25, -0.2) is 19.5 Å². The molecule has 0 spiro atoms. The second-order valence-electron chi connectivity index (χ2n) is 12.3. The minimum Gasteiger partial charge on any atom is -0.271 e. The lowest BCUT2D eigenvalue weighted by molar-refractivity contribution is 0.427. The number of rotatable bonds is 8. The van der Waals surface area contributed by atoms with Crippen LogP contribution in [0.4, 0.5) is 0 Å². The highest BCUT2D eigenvalue weighted by Crippen LogP contribution is 2.36. The molecule has 4 heterocycles. The highest BCUT2D eigenvalue weighted by molar-refractivity contribution is 5.56. The lowest BCUT2D eigenvalue weighted by Gasteiger charge is -2.27. The molecule has 7 nitrogen and oxygen atoms in total. The Balaban J connectivity index is 1.71. The maximum absolute atomic E-state index is 5.05. The van der Waals surface area contributed by atoms with E-state index in [4.69, 9.17) is 25.0 Å². The zero-order valence-corrected chi connectivity index (χ0v) is 24.0. The molecule has 0 N–H and O–H groups in total. The van der Waals surface area contributed by atoms with Crippen molar-refractivity contribution >= 4 is 11.3 Å². The molecule has 0 fully saturated rings. The summed E-state index contributed by atoms with van der Waals surface area (Å²) < 4.78 is 4.11. The van der Waals surface area contributed by atoms with Gasteiger partial charge in [0.05, 0.1) is 16.9 Å². The van der Waals surface area contributed by atoms with Crippen molar-refractivity contribution in [1.82, 2.24) is 34.0 Å². The maximum Gasteiger partial charge on any atom is 0.237 e. The Labute approximate surface area is 215 Å². The second kappa shape index (κ2) is 9.56. The van der Waals surface area contributed by atoms with E-state index in [-0.39, 0.29) is 23.2 Å². The van der Waals surface area contributed by atoms with E-state index in [1.54, 1.807) is 0 Å². The van der Waals surface area contributed by atoms with E-state index < -0.39 is 0 Å². The van der Waals surface area contributed by atoms with Crippen molar-refractivity contribution < 1.29 is 0 Å². The van der Waals surface area contributed by atoms with Crippen molar-refractivity contribution in [2.75, 3.05) is 0 Å². The Morgan fingerprint density at radius 2 is 1.44 bits per heavy atom. The van der Waals surface area contributed by atoms with Crippen LogP contribution in [-0.2, 0) is 5.41 Å². The highest BCUT2D eigenvalue weighted by atomic mass is 15.2. The molecular weight excluding hydrogens is 446 g/mol. The van der Waals surface area contributed by atoms with Crippen molar-refractivity contribution in [2.24, 2.45) is 0 Å². The third kappa shape index (κ3) is 4.89. The zero-order chi connectivity index (χ0) is 26.5. The minimum atomic E-state index is -0.0919. The summed E-state index contributed by atoms with van der Waals surface area (Å²) in [6, 6.07) is 2.28. The topological polar surface area (TPSA) is 73.3 Å². The lowest BCUT2D eigenvalue weighted by atomic mass is 9.78. The molecule has 1 atom stereocenters. The van der Waals surface area contributed by atoms with Crippen LogP contribution in [0.2, 0.25) is 0 Å². The molecule has 0 amide bonds. The zero-order valence-electron chi connectivity index (χ0n) is 24.0. The van der Waals surface area contributed by atoms with Crippen molar-refractivity contribution in [3.05, 3.63) is 52.9 Å². The van der Waals surface area contributed by atoms with Crippen molar-refractivity contribution in [1.29, 1.82) is 0 Å². The van der Waals surface area contributed by atoms with Crippen LogP contribution in [0.1, 0.15) is 147 Å². The van der Waals surface area contributed by atoms with E-state index in [1.807, 2.05) is 4.52 Å². The second-order valence-corrected chi connectivity index (χ2v) is 12.3. The summed E-state index contributed by atoms with van der Waals surface area (Å²) in [6.07, 6.45) is 5.20. The fourth-order valence-corrected chi connectivity index (χ4v) is 4.89. The van der Waals surface area contributed by atoms with Gasteiger partial charge in [-0.15, -0.1) is 0 Å². The Morgan fingerprint density at radius 1 is 0.750 bits per heavy atom. The molecule has 4 aromatic rings. The molecule has 0 aromatic carbocycles. The smallest absolute Gasteiger partial charge is 0.237 e. The Morgan fingerprint density at radius 3 is 2.03 bits per heavy atom. The van der Waals surface area contributed by atoms with E-state index in [1.165, 1.54) is 5.56 Å². The number of imidazole rings is 1. The Bertz CT molecular complexity index is 1370. The summed E-state index contributed by atoms with van der Waals surface area (Å²) in [5.74, 6) is 4.96. The van der Waals surface area contributed by atoms with Gasteiger partial charge in [-0.3, -0.25) is 4.40 Å². The van der Waals surface area contributed by atoms with Gasteiger partial charge in [-0.1, -0.05) is 76.2 Å². The predicted octanol–water partition coefficient (Wildman–Crippen LogP) is 7.13. The third-order valence-corrected chi connectivity index (χ3v) is 7.11. The van der Waals surface area contributed by atoms with Crippen molar-refractivity contribution in [3.8, 4) is 0 Å². The summed E-state index contributed by atoms with van der Waals surface area (Å²) in [5.41, 5.74) is 4.44. The van der Waals surface area contributed by atoms with Gasteiger partial charge in [0.15, 0.2) is 5.82 Å². The number of hydrogen-bond donors (Lipinski definition) is 0. The van der Waals surface area contributed by atoms with E-state index in [0.29, 0.717) is 11.8 Å². The van der Waals surface area contributed by atoms with Crippen LogP contribution in [0, 0.1) is 0 Å². The highest BCUT2D eigenvalue weighted by Gasteiger charge is 2.29. The van der Waals surface area contributed by atoms with Gasteiger partial charge in [0.2, 0.25) is 5.78 Å². The first-order valence-electron chi connectivity index (χ1n) is 13.5. The number of hydrogen-bond acceptors (Lipinski definition) is 5. The number of aromatic nitrogens is 7. The van der Waals surface area contributed by atoms with Gasteiger partial charge >= 0.3 is 0 Å². The molecule has 0 aliphatic carbocycles. The number of fused-ring (bicyclic) bond motifs is 2. The molecule has 0 saturated heterocycles. The van der Waals surface area contributed by atoms with Gasteiger partial charge in [0.25, 0.3) is 0 Å². The summed E-state index contributed by atoms with van der Waals surface area (Å²) in [5, 5.41) is 4.84. The van der Waals surface area contributed by atoms with Gasteiger partial charge in [-0.05, 0) is 35.3 Å². The standard InChI is InChI=1S/C29H43N7/c1-16(2)22-15-35-27(19(7)8)32-26(33-28(35)30-22)20(9)13-29(10,11)21-12-23-24(17(3)4)31-25(18(5)6)34-36(23)14-21/h12,14-20H,13H2,1-11H3. The molecule has 0 aliphatic heterocycles. The van der Waals surface area contributed by atoms with Crippen molar-refractivity contribution in [3.63, 3.8) is 0 Å². The first-order valence-corrected chi connectivity index (χ1v) is 13.5. The molecule has 7 heteroatoms. The fraction of sp³-hybridized carbons (Fsp3) is 0.621. The molecular formula is C29H43N7. The van der Waals surface area contributed by atoms with Gasteiger partial charge in [0.1, 0.15) is 11.6 Å². The molecule has 4 aromatic heterocycles. The maximum atomic E-state index is 5.05. The minimum absolute atomic E-state index is 0.0919. The van der Waals surface area contributed by atoms with E-state index in [9.17, 15) is 0 Å². The SMILES string of the molecule is CC(C)c1cn2c(C(C)C)nc(C(C)CC(C)(C)c3cc4c(C(C)C)nc(C(C)C)nn4c3)nc2n1. The predicted molar refractivity (Wildman–Crippen MR) is 146 cm³/mol. The summed E-state index contributed by atoms with van der Waals surface area (Å²) in [7, 11) is 0. The molecule has 0 saturated carbocycles. The molecule has 36 heavy (non-hydrogen) atoms. The van der Waals surface area contributed by atoms with E-state index >= 15 is 0 Å². The van der Waals surface area contributed by atoms with E-state index in [0.717, 1.165) is 46.6 Å². The number of nitrogens with zero attached hydrogens (tertiary/aromatic N) is 7. The monoisotopic (exact) mass is 489 g/mol. The van der Waals surface area contributed by atoms with Crippen LogP contribution in [0.3, 0.4) is 0 Å². The largest absolute Gasteiger partial charge is 0.271 e. The molecule has 4 rings (SSSR count). The van der Waals surface area contributed by atoms with E-state index in [2.05, 4.69) is 99.0 Å². The third-order valence-electron chi connectivity index (χ3n) is 7.11. The lowest BCUT2D eigenvalue weighted by Crippen LogP contribution is -2.21. The molecule has 0 radical (unpaired) electrons. The summed E-state index contributed by atoms with van der Waals surface area (Å²) in [6.45, 7) is 24.2. The van der Waals surface area contributed by atoms with Gasteiger partial charge in [-0.2, -0.15) is 10.1 Å². The first kappa shape index (κ1) is 26.2. The molecule has 0 aliphatic rings. The first-order chi connectivity index (χ1) is 16.8. The molecule has 1 unspecified atom stereocenters. The van der Waals surface area contributed by atoms with Gasteiger partial charge in [0, 0.05) is 30.1 Å². The average Bonchev–Trinajstić information content (AvgIpc) is 3.41. The Hall–Kier alpha value is -2.83. The van der Waals surface area contributed by atoms with Crippen LogP contribution in [0.15, 0.2) is 18.5 Å². The quantitative estimate of drug-likeness (QED) is 0.263. The average molecular weight is 490 g/mol. The van der Waals surface area contributed by atoms with Crippen LogP contribution >= 0.6 is 0 Å². The Kier molecular flexibility index (Phi) is 6.97. The van der Waals surface area contributed by atoms with Crippen LogP contribution < -0.4 is 0 Å². The van der Waals surface area contributed by atoms with Crippen LogP contribution in [0.5, 0.6) is 0 Å². The van der Waals surface area contributed by atoms with Crippen LogP contribution in [0.25, 0.3) is 11.3 Å². The van der Waals surface area contributed by atoms with Crippen LogP contribution in [-0.4, -0.2) is 34.0 Å². The normalized spacial score (nSPS) is 13.9. The summed E-state index contributed by atoms with van der Waals surface area (Å²) >= 11 is 0. The molecule has 194 valence electrons. The van der Waals surface area contributed by atoms with Gasteiger partial charge < -0.3 is 0 Å². The summed E-state index contributed by atoms with van der Waals surface area (Å²) in [4.78, 5) is 19.7. The fourth-order valence-electron chi connectivity index (χ4n) is 4.89. The molecule has 0 bridgehead atoms. The van der Waals surface area contributed by atoms with Crippen molar-refractivity contribution in [2.45, 2.75) is 118 Å².